The van der Waals surface area contributed by atoms with Crippen LogP contribution in [0.1, 0.15) is 10.4 Å². The van der Waals surface area contributed by atoms with Crippen LogP contribution in [-0.4, -0.2) is 16.2 Å². The van der Waals surface area contributed by atoms with E-state index >= 15 is 0 Å². The molecule has 0 saturated carbocycles. The van der Waals surface area contributed by atoms with Gasteiger partial charge >= 0.3 is 0 Å². The fraction of sp³-hybridized carbons (Fsp3) is 0. The lowest BCUT2D eigenvalue weighted by Crippen LogP contribution is -2.12. The maximum absolute atomic E-state index is 12.1. The average molecular weight is 318 g/mol. The maximum Gasteiger partial charge on any atom is 0.255 e. The highest BCUT2D eigenvalue weighted by Gasteiger charge is 2.11. The summed E-state index contributed by atoms with van der Waals surface area (Å²) in [5, 5.41) is 10.3. The maximum atomic E-state index is 12.1. The van der Waals surface area contributed by atoms with Gasteiger partial charge in [0.15, 0.2) is 5.52 Å². The number of fused-ring (bicyclic) bond motifs is 1. The second kappa shape index (κ2) is 4.81. The van der Waals surface area contributed by atoms with Gasteiger partial charge in [-0.05, 0) is 40.6 Å². The Balaban J connectivity index is 1.93. The highest BCUT2D eigenvalue weighted by atomic mass is 79.9. The molecule has 0 spiro atoms. The molecule has 0 aliphatic heterocycles. The van der Waals surface area contributed by atoms with E-state index < -0.39 is 0 Å². The molecule has 6 heteroatoms. The minimum atomic E-state index is -0.211. The van der Waals surface area contributed by atoms with Gasteiger partial charge in [-0.3, -0.25) is 4.79 Å². The standard InChI is InChI=1S/C13H8BrN3O2/c14-9-4-1-3-8(7-9)13(18)15-10-5-2-6-11-12(10)17-19-16-11/h1-7H,(H,15,18). The minimum absolute atomic E-state index is 0.211. The third-order valence-corrected chi connectivity index (χ3v) is 3.11. The Hall–Kier alpha value is -2.21. The van der Waals surface area contributed by atoms with Gasteiger partial charge in [0, 0.05) is 10.0 Å². The Bertz CT molecular complexity index is 754. The number of aromatic nitrogens is 2. The van der Waals surface area contributed by atoms with E-state index in [1.165, 1.54) is 0 Å². The fourth-order valence-corrected chi connectivity index (χ4v) is 2.13. The number of rotatable bonds is 2. The lowest BCUT2D eigenvalue weighted by atomic mass is 10.2. The number of nitrogens with one attached hydrogen (secondary N) is 1. The summed E-state index contributed by atoms with van der Waals surface area (Å²) in [5.41, 5.74) is 2.27. The molecule has 19 heavy (non-hydrogen) atoms. The number of halogens is 1. The Labute approximate surface area is 116 Å². The fourth-order valence-electron chi connectivity index (χ4n) is 1.73. The van der Waals surface area contributed by atoms with Crippen molar-refractivity contribution in [2.45, 2.75) is 0 Å². The van der Waals surface area contributed by atoms with Crippen LogP contribution in [0.15, 0.2) is 51.6 Å². The van der Waals surface area contributed by atoms with Crippen molar-refractivity contribution >= 4 is 38.6 Å². The van der Waals surface area contributed by atoms with E-state index in [2.05, 4.69) is 36.2 Å². The zero-order valence-corrected chi connectivity index (χ0v) is 11.2. The summed E-state index contributed by atoms with van der Waals surface area (Å²) >= 11 is 3.33. The van der Waals surface area contributed by atoms with Crippen LogP contribution in [0.3, 0.4) is 0 Å². The normalized spacial score (nSPS) is 10.6. The van der Waals surface area contributed by atoms with E-state index in [0.29, 0.717) is 22.3 Å². The van der Waals surface area contributed by atoms with Gasteiger partial charge in [0.05, 0.1) is 5.69 Å². The number of carbonyl (C=O) groups excluding carboxylic acids is 1. The molecule has 0 radical (unpaired) electrons. The summed E-state index contributed by atoms with van der Waals surface area (Å²) in [6.07, 6.45) is 0. The molecular weight excluding hydrogens is 310 g/mol. The lowest BCUT2D eigenvalue weighted by Gasteiger charge is -2.05. The van der Waals surface area contributed by atoms with Crippen LogP contribution in [0.5, 0.6) is 0 Å². The average Bonchev–Trinajstić information content (AvgIpc) is 2.88. The van der Waals surface area contributed by atoms with Crippen LogP contribution in [-0.2, 0) is 0 Å². The molecule has 1 N–H and O–H groups in total. The van der Waals surface area contributed by atoms with E-state index in [0.717, 1.165) is 4.47 Å². The summed E-state index contributed by atoms with van der Waals surface area (Å²) < 4.78 is 5.50. The molecule has 0 fully saturated rings. The number of carbonyl (C=O) groups is 1. The second-order valence-electron chi connectivity index (χ2n) is 3.90. The van der Waals surface area contributed by atoms with Crippen molar-refractivity contribution < 1.29 is 9.42 Å². The van der Waals surface area contributed by atoms with Crippen LogP contribution in [0.2, 0.25) is 0 Å². The van der Waals surface area contributed by atoms with Gasteiger partial charge in [-0.15, -0.1) is 0 Å². The Morgan fingerprint density at radius 3 is 2.84 bits per heavy atom. The molecule has 0 atom stereocenters. The van der Waals surface area contributed by atoms with Crippen molar-refractivity contribution in [2.75, 3.05) is 5.32 Å². The topological polar surface area (TPSA) is 68.0 Å². The van der Waals surface area contributed by atoms with Gasteiger partial charge in [-0.25, -0.2) is 4.63 Å². The van der Waals surface area contributed by atoms with E-state index in [9.17, 15) is 4.79 Å². The van der Waals surface area contributed by atoms with E-state index in [4.69, 9.17) is 0 Å². The van der Waals surface area contributed by atoms with Gasteiger partial charge in [-0.2, -0.15) is 0 Å². The third-order valence-electron chi connectivity index (χ3n) is 2.62. The number of hydrogen-bond donors (Lipinski definition) is 1. The van der Waals surface area contributed by atoms with E-state index in [-0.39, 0.29) is 5.91 Å². The SMILES string of the molecule is O=C(Nc1cccc2nonc12)c1cccc(Br)c1. The molecule has 0 aliphatic rings. The molecule has 1 aromatic heterocycles. The number of nitrogens with zero attached hydrogens (tertiary/aromatic N) is 2. The van der Waals surface area contributed by atoms with Gasteiger partial charge < -0.3 is 5.32 Å². The number of hydrogen-bond acceptors (Lipinski definition) is 4. The zero-order chi connectivity index (χ0) is 13.2. The lowest BCUT2D eigenvalue weighted by molar-refractivity contribution is 0.102. The smallest absolute Gasteiger partial charge is 0.255 e. The van der Waals surface area contributed by atoms with Gasteiger partial charge in [-0.1, -0.05) is 28.1 Å². The highest BCUT2D eigenvalue weighted by molar-refractivity contribution is 9.10. The van der Waals surface area contributed by atoms with Crippen LogP contribution in [0.25, 0.3) is 11.0 Å². The van der Waals surface area contributed by atoms with Gasteiger partial charge in [0.1, 0.15) is 5.52 Å². The zero-order valence-electron chi connectivity index (χ0n) is 9.63. The molecule has 3 rings (SSSR count). The van der Waals surface area contributed by atoms with Crippen molar-refractivity contribution in [1.82, 2.24) is 10.3 Å². The summed E-state index contributed by atoms with van der Waals surface area (Å²) in [6, 6.07) is 12.4. The monoisotopic (exact) mass is 317 g/mol. The first-order valence-electron chi connectivity index (χ1n) is 5.52. The van der Waals surface area contributed by atoms with E-state index in [1.54, 1.807) is 36.4 Å². The molecular formula is C13H8BrN3O2. The Morgan fingerprint density at radius 1 is 1.16 bits per heavy atom. The molecule has 94 valence electrons. The first-order valence-corrected chi connectivity index (χ1v) is 6.31. The summed E-state index contributed by atoms with van der Waals surface area (Å²) in [6.45, 7) is 0. The third kappa shape index (κ3) is 2.34. The van der Waals surface area contributed by atoms with Gasteiger partial charge in [0.25, 0.3) is 5.91 Å². The molecule has 3 aromatic rings. The quantitative estimate of drug-likeness (QED) is 0.787. The summed E-state index contributed by atoms with van der Waals surface area (Å²) in [5.74, 6) is -0.211. The molecule has 0 unspecified atom stereocenters. The van der Waals surface area contributed by atoms with Crippen molar-refractivity contribution in [3.63, 3.8) is 0 Å². The molecule has 0 saturated heterocycles. The predicted molar refractivity (Wildman–Crippen MR) is 73.9 cm³/mol. The number of anilines is 1. The molecule has 1 heterocycles. The number of benzene rings is 2. The first kappa shape index (κ1) is 11.9. The summed E-state index contributed by atoms with van der Waals surface area (Å²) in [7, 11) is 0. The van der Waals surface area contributed by atoms with Gasteiger partial charge in [0.2, 0.25) is 0 Å². The number of amides is 1. The van der Waals surface area contributed by atoms with Crippen molar-refractivity contribution in [3.8, 4) is 0 Å². The van der Waals surface area contributed by atoms with Crippen molar-refractivity contribution in [2.24, 2.45) is 0 Å². The Kier molecular flexibility index (Phi) is 3.00. The van der Waals surface area contributed by atoms with Crippen molar-refractivity contribution in [3.05, 3.63) is 52.5 Å². The molecule has 5 nitrogen and oxygen atoms in total. The van der Waals surface area contributed by atoms with Crippen LogP contribution in [0.4, 0.5) is 5.69 Å². The van der Waals surface area contributed by atoms with E-state index in [1.807, 2.05) is 6.07 Å². The second-order valence-corrected chi connectivity index (χ2v) is 4.82. The van der Waals surface area contributed by atoms with Crippen LogP contribution < -0.4 is 5.32 Å². The first-order chi connectivity index (χ1) is 9.24. The van der Waals surface area contributed by atoms with Crippen molar-refractivity contribution in [1.29, 1.82) is 0 Å². The molecule has 1 amide bonds. The highest BCUT2D eigenvalue weighted by Crippen LogP contribution is 2.21. The van der Waals surface area contributed by atoms with Crippen LogP contribution >= 0.6 is 15.9 Å². The van der Waals surface area contributed by atoms with Crippen LogP contribution in [0, 0.1) is 0 Å². The summed E-state index contributed by atoms with van der Waals surface area (Å²) in [4.78, 5) is 12.1. The largest absolute Gasteiger partial charge is 0.320 e. The predicted octanol–water partition coefficient (Wildman–Crippen LogP) is 3.24. The minimum Gasteiger partial charge on any atom is -0.320 e. The molecule has 0 aliphatic carbocycles. The molecule has 0 bridgehead atoms. The molecule has 2 aromatic carbocycles. The Morgan fingerprint density at radius 2 is 2.00 bits per heavy atom.